The smallest absolute Gasteiger partial charge is 0.404 e. The fourth-order valence-electron chi connectivity index (χ4n) is 2.06. The zero-order valence-corrected chi connectivity index (χ0v) is 11.1. The Morgan fingerprint density at radius 3 is 2.70 bits per heavy atom. The van der Waals surface area contributed by atoms with Crippen molar-refractivity contribution in [2.24, 2.45) is 0 Å². The highest BCUT2D eigenvalue weighted by Crippen LogP contribution is 2.22. The Bertz CT molecular complexity index is 765. The van der Waals surface area contributed by atoms with Gasteiger partial charge in [0.15, 0.2) is 5.76 Å². The number of amides is 2. The first-order valence-electron chi connectivity index (χ1n) is 6.14. The van der Waals surface area contributed by atoms with Crippen molar-refractivity contribution in [3.8, 4) is 0 Å². The fourth-order valence-corrected chi connectivity index (χ4v) is 2.06. The Kier molecular flexibility index (Phi) is 2.75. The molecule has 20 heavy (non-hydrogen) atoms. The second-order valence-electron chi connectivity index (χ2n) is 4.60. The van der Waals surface area contributed by atoms with E-state index >= 15 is 0 Å². The number of carbonyl (C=O) groups excluding carboxylic acids is 2. The van der Waals surface area contributed by atoms with Gasteiger partial charge in [-0.2, -0.15) is 0 Å². The van der Waals surface area contributed by atoms with Crippen molar-refractivity contribution in [3.05, 3.63) is 47.3 Å². The lowest BCUT2D eigenvalue weighted by Crippen LogP contribution is -2.23. The van der Waals surface area contributed by atoms with Gasteiger partial charge in [0.1, 0.15) is 0 Å². The molecule has 0 bridgehead atoms. The molecule has 1 aliphatic rings. The van der Waals surface area contributed by atoms with Crippen LogP contribution in [0.1, 0.15) is 11.3 Å². The van der Waals surface area contributed by atoms with Crippen LogP contribution in [-0.4, -0.2) is 28.9 Å². The first-order chi connectivity index (χ1) is 9.56. The molecule has 100 valence electrons. The Labute approximate surface area is 115 Å². The van der Waals surface area contributed by atoms with Crippen LogP contribution in [0.25, 0.3) is 17.0 Å². The van der Waals surface area contributed by atoms with Crippen molar-refractivity contribution in [2.75, 3.05) is 7.05 Å². The van der Waals surface area contributed by atoms with Gasteiger partial charge in [-0.25, -0.2) is 9.69 Å². The molecular formula is C15H12N2O3. The summed E-state index contributed by atoms with van der Waals surface area (Å²) in [6, 6.07) is 9.63. The Hall–Kier alpha value is -2.69. The van der Waals surface area contributed by atoms with Crippen LogP contribution in [0.2, 0.25) is 0 Å². The predicted molar refractivity (Wildman–Crippen MR) is 73.7 cm³/mol. The van der Waals surface area contributed by atoms with Crippen LogP contribution in [0, 0.1) is 6.92 Å². The number of para-hydroxylation sites is 1. The van der Waals surface area contributed by atoms with Gasteiger partial charge in [-0.05, 0) is 25.1 Å². The maximum atomic E-state index is 11.8. The van der Waals surface area contributed by atoms with Gasteiger partial charge in [-0.3, -0.25) is 9.78 Å². The number of pyridine rings is 1. The van der Waals surface area contributed by atoms with Crippen LogP contribution >= 0.6 is 0 Å². The second kappa shape index (κ2) is 4.45. The maximum absolute atomic E-state index is 11.8. The number of benzene rings is 1. The summed E-state index contributed by atoms with van der Waals surface area (Å²) in [6.45, 7) is 1.85. The quantitative estimate of drug-likeness (QED) is 0.745. The average Bonchev–Trinajstić information content (AvgIpc) is 2.67. The molecule has 0 saturated carbocycles. The Morgan fingerprint density at radius 2 is 2.00 bits per heavy atom. The van der Waals surface area contributed by atoms with Crippen molar-refractivity contribution in [1.29, 1.82) is 0 Å². The summed E-state index contributed by atoms with van der Waals surface area (Å²) in [5.74, 6) is -0.416. The number of ether oxygens (including phenoxy) is 1. The van der Waals surface area contributed by atoms with Crippen LogP contribution in [0.3, 0.4) is 0 Å². The summed E-state index contributed by atoms with van der Waals surface area (Å²) < 4.78 is 4.93. The summed E-state index contributed by atoms with van der Waals surface area (Å²) in [6.07, 6.45) is 0.894. The number of hydrogen-bond acceptors (Lipinski definition) is 4. The van der Waals surface area contributed by atoms with Crippen molar-refractivity contribution in [2.45, 2.75) is 6.92 Å². The lowest BCUT2D eigenvalue weighted by atomic mass is 10.1. The molecule has 3 rings (SSSR count). The topological polar surface area (TPSA) is 59.5 Å². The van der Waals surface area contributed by atoms with Gasteiger partial charge in [0.2, 0.25) is 0 Å². The van der Waals surface area contributed by atoms with Gasteiger partial charge in [0.05, 0.1) is 5.52 Å². The Balaban J connectivity index is 2.09. The zero-order chi connectivity index (χ0) is 14.3. The highest BCUT2D eigenvalue weighted by Gasteiger charge is 2.33. The monoisotopic (exact) mass is 268 g/mol. The molecule has 1 aromatic carbocycles. The molecular weight excluding hydrogens is 256 g/mol. The van der Waals surface area contributed by atoms with E-state index < -0.39 is 12.0 Å². The zero-order valence-electron chi connectivity index (χ0n) is 11.1. The lowest BCUT2D eigenvalue weighted by Gasteiger charge is -2.04. The minimum absolute atomic E-state index is 0.0256. The minimum Gasteiger partial charge on any atom is -0.404 e. The van der Waals surface area contributed by atoms with Gasteiger partial charge in [-0.1, -0.05) is 18.2 Å². The molecule has 1 saturated heterocycles. The van der Waals surface area contributed by atoms with E-state index in [1.54, 1.807) is 6.08 Å². The van der Waals surface area contributed by atoms with Gasteiger partial charge in [0, 0.05) is 23.7 Å². The molecule has 2 amide bonds. The first kappa shape index (κ1) is 12.3. The van der Waals surface area contributed by atoms with Crippen molar-refractivity contribution >= 4 is 29.0 Å². The van der Waals surface area contributed by atoms with E-state index in [0.29, 0.717) is 0 Å². The minimum atomic E-state index is -0.660. The third-order valence-electron chi connectivity index (χ3n) is 3.23. The second-order valence-corrected chi connectivity index (χ2v) is 4.60. The van der Waals surface area contributed by atoms with Crippen LogP contribution in [0.15, 0.2) is 36.1 Å². The number of cyclic esters (lactones) is 1. The molecule has 5 nitrogen and oxygen atoms in total. The lowest BCUT2D eigenvalue weighted by molar-refractivity contribution is -0.122. The van der Waals surface area contributed by atoms with Crippen molar-refractivity contribution in [1.82, 2.24) is 9.88 Å². The number of aryl methyl sites for hydroxylation is 1. The average molecular weight is 268 g/mol. The molecule has 0 unspecified atom stereocenters. The highest BCUT2D eigenvalue weighted by molar-refractivity contribution is 6.09. The van der Waals surface area contributed by atoms with Gasteiger partial charge in [0.25, 0.3) is 5.91 Å². The van der Waals surface area contributed by atoms with Gasteiger partial charge >= 0.3 is 6.09 Å². The third-order valence-corrected chi connectivity index (χ3v) is 3.23. The molecule has 0 atom stereocenters. The number of fused-ring (bicyclic) bond motifs is 1. The van der Waals surface area contributed by atoms with E-state index in [-0.39, 0.29) is 5.76 Å². The van der Waals surface area contributed by atoms with E-state index in [1.165, 1.54) is 7.05 Å². The van der Waals surface area contributed by atoms with E-state index in [2.05, 4.69) is 4.98 Å². The SMILES string of the molecule is Cc1nc2ccccc2cc1/C=C1/OC(=O)N(C)C1=O. The molecule has 0 radical (unpaired) electrons. The summed E-state index contributed by atoms with van der Waals surface area (Å²) >= 11 is 0. The number of nitrogens with zero attached hydrogens (tertiary/aromatic N) is 2. The number of rotatable bonds is 1. The molecule has 1 aliphatic heterocycles. The molecule has 5 heteroatoms. The molecule has 2 aromatic rings. The number of aromatic nitrogens is 1. The standard InChI is InChI=1S/C15H12N2O3/c1-9-11(7-10-5-3-4-6-12(10)16-9)8-13-14(18)17(2)15(19)20-13/h3-8H,1-2H3/b13-8+. The molecule has 2 heterocycles. The summed E-state index contributed by atoms with van der Waals surface area (Å²) in [7, 11) is 1.39. The van der Waals surface area contributed by atoms with Crippen molar-refractivity contribution < 1.29 is 14.3 Å². The van der Waals surface area contributed by atoms with Gasteiger partial charge < -0.3 is 4.74 Å². The molecule has 1 fully saturated rings. The van der Waals surface area contributed by atoms with E-state index in [9.17, 15) is 9.59 Å². The summed E-state index contributed by atoms with van der Waals surface area (Å²) in [5.41, 5.74) is 2.42. The molecule has 0 aliphatic carbocycles. The number of carbonyl (C=O) groups is 2. The maximum Gasteiger partial charge on any atom is 0.422 e. The van der Waals surface area contributed by atoms with Crippen LogP contribution in [-0.2, 0) is 9.53 Å². The van der Waals surface area contributed by atoms with E-state index in [4.69, 9.17) is 4.74 Å². The van der Waals surface area contributed by atoms with Crippen molar-refractivity contribution in [3.63, 3.8) is 0 Å². The molecule has 1 aromatic heterocycles. The van der Waals surface area contributed by atoms with Crippen LogP contribution < -0.4 is 0 Å². The number of imide groups is 1. The summed E-state index contributed by atoms with van der Waals surface area (Å²) in [4.78, 5) is 28.5. The van der Waals surface area contributed by atoms with Gasteiger partial charge in [-0.15, -0.1) is 0 Å². The van der Waals surface area contributed by atoms with E-state index in [0.717, 1.165) is 27.1 Å². The van der Waals surface area contributed by atoms with Crippen LogP contribution in [0.5, 0.6) is 0 Å². The fraction of sp³-hybridized carbons (Fsp3) is 0.133. The predicted octanol–water partition coefficient (Wildman–Crippen LogP) is 2.49. The third kappa shape index (κ3) is 1.93. The van der Waals surface area contributed by atoms with Crippen LogP contribution in [0.4, 0.5) is 4.79 Å². The summed E-state index contributed by atoms with van der Waals surface area (Å²) in [5, 5.41) is 0.968. The molecule has 0 spiro atoms. The highest BCUT2D eigenvalue weighted by atomic mass is 16.6. The largest absolute Gasteiger partial charge is 0.422 e. The normalized spacial score (nSPS) is 17.1. The number of hydrogen-bond donors (Lipinski definition) is 0. The van der Waals surface area contributed by atoms with E-state index in [1.807, 2.05) is 37.3 Å². The first-order valence-corrected chi connectivity index (χ1v) is 6.14. The number of likely N-dealkylation sites (N-methyl/N-ethyl adjacent to an activating group) is 1. The molecule has 0 N–H and O–H groups in total. The Morgan fingerprint density at radius 1 is 1.25 bits per heavy atom.